The first-order valence-corrected chi connectivity index (χ1v) is 8.90. The molecule has 0 aliphatic carbocycles. The number of halogens is 1. The van der Waals surface area contributed by atoms with Gasteiger partial charge in [0.1, 0.15) is 0 Å². The van der Waals surface area contributed by atoms with Crippen molar-refractivity contribution in [2.75, 3.05) is 25.4 Å². The maximum atomic E-state index is 6.34. The lowest BCUT2D eigenvalue weighted by Gasteiger charge is -2.25. The third-order valence-electron chi connectivity index (χ3n) is 3.67. The molecule has 0 fully saturated rings. The predicted octanol–water partition coefficient (Wildman–Crippen LogP) is 4.19. The molecule has 1 rings (SSSR count). The molecule has 0 saturated carbocycles. The van der Waals surface area contributed by atoms with Gasteiger partial charge in [-0.25, -0.2) is 0 Å². The van der Waals surface area contributed by atoms with Crippen LogP contribution in [-0.4, -0.2) is 36.3 Å². The van der Waals surface area contributed by atoms with Crippen LogP contribution in [0, 0.1) is 0 Å². The van der Waals surface area contributed by atoms with Gasteiger partial charge in [0.2, 0.25) is 0 Å². The third kappa shape index (κ3) is 5.28. The molecule has 4 heteroatoms. The fourth-order valence-corrected chi connectivity index (χ4v) is 3.97. The molecule has 114 valence electrons. The summed E-state index contributed by atoms with van der Waals surface area (Å²) < 4.78 is 0. The normalized spacial score (nSPS) is 14.5. The average molecular weight is 315 g/mol. The zero-order chi connectivity index (χ0) is 15.0. The van der Waals surface area contributed by atoms with Gasteiger partial charge in [0.25, 0.3) is 0 Å². The number of rotatable bonds is 9. The van der Waals surface area contributed by atoms with E-state index in [-0.39, 0.29) is 11.3 Å². The molecule has 0 radical (unpaired) electrons. The molecule has 2 unspecified atom stereocenters. The highest BCUT2D eigenvalue weighted by Crippen LogP contribution is 2.36. The van der Waals surface area contributed by atoms with E-state index in [0.717, 1.165) is 36.8 Å². The molecule has 1 aromatic rings. The summed E-state index contributed by atoms with van der Waals surface area (Å²) in [5, 5.41) is 1.11. The molecular weight excluding hydrogens is 288 g/mol. The Morgan fingerprint density at radius 1 is 1.20 bits per heavy atom. The number of benzene rings is 1. The average Bonchev–Trinajstić information content (AvgIpc) is 2.48. The van der Waals surface area contributed by atoms with E-state index in [2.05, 4.69) is 31.7 Å². The molecule has 0 aliphatic rings. The SMILES string of the molecule is CCC(N)C(SCCN(CC)CC)c1ccccc1Cl. The van der Waals surface area contributed by atoms with Gasteiger partial charge >= 0.3 is 0 Å². The molecule has 0 saturated heterocycles. The van der Waals surface area contributed by atoms with Crippen LogP contribution < -0.4 is 5.73 Å². The standard InChI is InChI=1S/C16H27ClN2S/c1-4-15(18)16(13-9-7-8-10-14(13)17)20-12-11-19(5-2)6-3/h7-10,15-16H,4-6,11-12,18H2,1-3H3. The second-order valence-electron chi connectivity index (χ2n) is 4.91. The van der Waals surface area contributed by atoms with Crippen molar-refractivity contribution in [2.45, 2.75) is 38.5 Å². The van der Waals surface area contributed by atoms with E-state index in [0.29, 0.717) is 0 Å². The maximum Gasteiger partial charge on any atom is 0.0463 e. The fourth-order valence-electron chi connectivity index (χ4n) is 2.21. The molecule has 0 spiro atoms. The molecule has 0 aromatic heterocycles. The maximum absolute atomic E-state index is 6.34. The number of thioether (sulfide) groups is 1. The molecule has 0 amide bonds. The lowest BCUT2D eigenvalue weighted by Crippen LogP contribution is -2.29. The van der Waals surface area contributed by atoms with E-state index in [1.165, 1.54) is 5.56 Å². The molecule has 0 heterocycles. The lowest BCUT2D eigenvalue weighted by atomic mass is 10.0. The Labute approximate surface area is 133 Å². The molecule has 0 aliphatic heterocycles. The summed E-state index contributed by atoms with van der Waals surface area (Å²) in [7, 11) is 0. The van der Waals surface area contributed by atoms with Crippen molar-refractivity contribution in [3.63, 3.8) is 0 Å². The van der Waals surface area contributed by atoms with Gasteiger partial charge in [-0.2, -0.15) is 11.8 Å². The minimum absolute atomic E-state index is 0.150. The van der Waals surface area contributed by atoms with Crippen LogP contribution >= 0.6 is 23.4 Å². The summed E-state index contributed by atoms with van der Waals surface area (Å²) in [5.74, 6) is 1.09. The van der Waals surface area contributed by atoms with Crippen molar-refractivity contribution in [3.8, 4) is 0 Å². The van der Waals surface area contributed by atoms with Crippen LogP contribution in [0.4, 0.5) is 0 Å². The number of hydrogen-bond acceptors (Lipinski definition) is 3. The Balaban J connectivity index is 2.69. The Kier molecular flexibility index (Phi) is 8.62. The zero-order valence-corrected chi connectivity index (χ0v) is 14.4. The van der Waals surface area contributed by atoms with Crippen LogP contribution in [0.5, 0.6) is 0 Å². The topological polar surface area (TPSA) is 29.3 Å². The van der Waals surface area contributed by atoms with Crippen LogP contribution in [0.1, 0.15) is 38.0 Å². The molecule has 20 heavy (non-hydrogen) atoms. The monoisotopic (exact) mass is 314 g/mol. The van der Waals surface area contributed by atoms with Gasteiger partial charge < -0.3 is 10.6 Å². The van der Waals surface area contributed by atoms with E-state index in [1.54, 1.807) is 0 Å². The Bertz CT molecular complexity index is 382. The van der Waals surface area contributed by atoms with Crippen LogP contribution in [0.3, 0.4) is 0 Å². The van der Waals surface area contributed by atoms with Gasteiger partial charge in [-0.05, 0) is 31.1 Å². The van der Waals surface area contributed by atoms with Crippen molar-refractivity contribution >= 4 is 23.4 Å². The Morgan fingerprint density at radius 2 is 1.85 bits per heavy atom. The highest BCUT2D eigenvalue weighted by molar-refractivity contribution is 7.99. The molecular formula is C16H27ClN2S. The quantitative estimate of drug-likeness (QED) is 0.741. The van der Waals surface area contributed by atoms with Gasteiger partial charge in [0, 0.05) is 28.6 Å². The highest BCUT2D eigenvalue weighted by atomic mass is 35.5. The van der Waals surface area contributed by atoms with Crippen LogP contribution in [0.15, 0.2) is 24.3 Å². The van der Waals surface area contributed by atoms with Gasteiger partial charge in [0.05, 0.1) is 0 Å². The lowest BCUT2D eigenvalue weighted by molar-refractivity contribution is 0.323. The van der Waals surface area contributed by atoms with E-state index >= 15 is 0 Å². The molecule has 1 aromatic carbocycles. The van der Waals surface area contributed by atoms with Crippen molar-refractivity contribution in [2.24, 2.45) is 5.73 Å². The van der Waals surface area contributed by atoms with Crippen molar-refractivity contribution < 1.29 is 0 Å². The predicted molar refractivity (Wildman–Crippen MR) is 92.7 cm³/mol. The summed E-state index contributed by atoms with van der Waals surface area (Å²) in [6.45, 7) is 9.87. The zero-order valence-electron chi connectivity index (χ0n) is 12.8. The minimum atomic E-state index is 0.150. The van der Waals surface area contributed by atoms with Crippen molar-refractivity contribution in [3.05, 3.63) is 34.9 Å². The first-order chi connectivity index (χ1) is 9.63. The van der Waals surface area contributed by atoms with Crippen molar-refractivity contribution in [1.82, 2.24) is 4.90 Å². The fraction of sp³-hybridized carbons (Fsp3) is 0.625. The smallest absolute Gasteiger partial charge is 0.0463 e. The highest BCUT2D eigenvalue weighted by Gasteiger charge is 2.21. The first kappa shape index (κ1) is 17.8. The second kappa shape index (κ2) is 9.67. The summed E-state index contributed by atoms with van der Waals surface area (Å²) in [4.78, 5) is 2.44. The molecule has 2 atom stereocenters. The number of nitrogens with two attached hydrogens (primary N) is 1. The summed E-state index contributed by atoms with van der Waals surface area (Å²) in [6.07, 6.45) is 0.966. The van der Waals surface area contributed by atoms with Gasteiger partial charge in [0.15, 0.2) is 0 Å². The van der Waals surface area contributed by atoms with Gasteiger partial charge in [-0.1, -0.05) is 50.6 Å². The van der Waals surface area contributed by atoms with E-state index in [1.807, 2.05) is 30.0 Å². The summed E-state index contributed by atoms with van der Waals surface area (Å²) in [5.41, 5.74) is 7.48. The number of nitrogens with zero attached hydrogens (tertiary/aromatic N) is 1. The van der Waals surface area contributed by atoms with Gasteiger partial charge in [-0.3, -0.25) is 0 Å². The van der Waals surface area contributed by atoms with E-state index < -0.39 is 0 Å². The van der Waals surface area contributed by atoms with Crippen molar-refractivity contribution in [1.29, 1.82) is 0 Å². The Hall–Kier alpha value is -0.220. The summed E-state index contributed by atoms with van der Waals surface area (Å²) in [6, 6.07) is 8.23. The van der Waals surface area contributed by atoms with Crippen LogP contribution in [-0.2, 0) is 0 Å². The molecule has 2 N–H and O–H groups in total. The molecule has 2 nitrogen and oxygen atoms in total. The summed E-state index contributed by atoms with van der Waals surface area (Å²) >= 11 is 8.27. The Morgan fingerprint density at radius 3 is 2.40 bits per heavy atom. The second-order valence-corrected chi connectivity index (χ2v) is 6.57. The first-order valence-electron chi connectivity index (χ1n) is 7.47. The van der Waals surface area contributed by atoms with E-state index in [9.17, 15) is 0 Å². The molecule has 0 bridgehead atoms. The third-order valence-corrected chi connectivity index (χ3v) is 5.40. The van der Waals surface area contributed by atoms with Crippen LogP contribution in [0.25, 0.3) is 0 Å². The minimum Gasteiger partial charge on any atom is -0.326 e. The van der Waals surface area contributed by atoms with Crippen LogP contribution in [0.2, 0.25) is 5.02 Å². The van der Waals surface area contributed by atoms with Gasteiger partial charge in [-0.15, -0.1) is 0 Å². The largest absolute Gasteiger partial charge is 0.326 e. The number of hydrogen-bond donors (Lipinski definition) is 1. The van der Waals surface area contributed by atoms with E-state index in [4.69, 9.17) is 17.3 Å².